The lowest BCUT2D eigenvalue weighted by Gasteiger charge is -2.23. The van der Waals surface area contributed by atoms with Crippen LogP contribution in [0.5, 0.6) is 0 Å². The van der Waals surface area contributed by atoms with Crippen LogP contribution in [-0.2, 0) is 9.59 Å². The highest BCUT2D eigenvalue weighted by atomic mass is 16.2. The molecular weight excluding hydrogens is 192 g/mol. The lowest BCUT2D eigenvalue weighted by Crippen LogP contribution is -2.36. The molecule has 1 saturated heterocycles. The third-order valence-electron chi connectivity index (χ3n) is 2.99. The fourth-order valence-corrected chi connectivity index (χ4v) is 1.78. The number of nitrogens with zero attached hydrogens (tertiary/aromatic N) is 1. The first-order valence-corrected chi connectivity index (χ1v) is 5.56. The van der Waals surface area contributed by atoms with Gasteiger partial charge in [0, 0.05) is 26.6 Å². The van der Waals surface area contributed by atoms with Crippen molar-refractivity contribution in [1.29, 1.82) is 0 Å². The molecule has 1 rings (SSSR count). The van der Waals surface area contributed by atoms with Crippen LogP contribution in [0.1, 0.15) is 26.7 Å². The number of hydrogen-bond acceptors (Lipinski definition) is 2. The average molecular weight is 212 g/mol. The van der Waals surface area contributed by atoms with Gasteiger partial charge in [-0.1, -0.05) is 20.3 Å². The minimum atomic E-state index is -0.147. The molecule has 86 valence electrons. The van der Waals surface area contributed by atoms with Gasteiger partial charge in [-0.25, -0.2) is 0 Å². The summed E-state index contributed by atoms with van der Waals surface area (Å²) in [7, 11) is 1.82. The summed E-state index contributed by atoms with van der Waals surface area (Å²) in [5.41, 5.74) is 0. The van der Waals surface area contributed by atoms with E-state index in [-0.39, 0.29) is 17.7 Å². The van der Waals surface area contributed by atoms with Crippen LogP contribution < -0.4 is 5.32 Å². The molecule has 0 aromatic carbocycles. The summed E-state index contributed by atoms with van der Waals surface area (Å²) in [6, 6.07) is 0. The summed E-state index contributed by atoms with van der Waals surface area (Å²) in [5.74, 6) is 0.453. The SMILES string of the molecule is CCC(C)CN(C)C(=O)C1CNC(=O)C1. The van der Waals surface area contributed by atoms with Gasteiger partial charge in [-0.05, 0) is 5.92 Å². The smallest absolute Gasteiger partial charge is 0.227 e. The highest BCUT2D eigenvalue weighted by Crippen LogP contribution is 2.13. The van der Waals surface area contributed by atoms with Gasteiger partial charge in [0.15, 0.2) is 0 Å². The first-order chi connectivity index (χ1) is 7.04. The minimum Gasteiger partial charge on any atom is -0.355 e. The van der Waals surface area contributed by atoms with E-state index in [9.17, 15) is 9.59 Å². The van der Waals surface area contributed by atoms with Gasteiger partial charge < -0.3 is 10.2 Å². The van der Waals surface area contributed by atoms with Crippen molar-refractivity contribution >= 4 is 11.8 Å². The Balaban J connectivity index is 2.42. The van der Waals surface area contributed by atoms with Gasteiger partial charge >= 0.3 is 0 Å². The standard InChI is InChI=1S/C11H20N2O2/c1-4-8(2)7-13(3)11(15)9-5-10(14)12-6-9/h8-9H,4-7H2,1-3H3,(H,12,14). The summed E-state index contributed by atoms with van der Waals surface area (Å²) in [6.45, 7) is 5.52. The van der Waals surface area contributed by atoms with E-state index in [4.69, 9.17) is 0 Å². The largest absolute Gasteiger partial charge is 0.355 e. The van der Waals surface area contributed by atoms with Gasteiger partial charge in [0.2, 0.25) is 11.8 Å². The summed E-state index contributed by atoms with van der Waals surface area (Å²) >= 11 is 0. The maximum atomic E-state index is 11.9. The minimum absolute atomic E-state index is 0.00899. The predicted molar refractivity (Wildman–Crippen MR) is 58.2 cm³/mol. The van der Waals surface area contributed by atoms with Crippen LogP contribution in [0.4, 0.5) is 0 Å². The van der Waals surface area contributed by atoms with Crippen molar-refractivity contribution in [2.24, 2.45) is 11.8 Å². The second-order valence-corrected chi connectivity index (χ2v) is 4.44. The normalized spacial score (nSPS) is 22.3. The lowest BCUT2D eigenvalue weighted by molar-refractivity contribution is -0.135. The van der Waals surface area contributed by atoms with Crippen LogP contribution in [0, 0.1) is 11.8 Å². The lowest BCUT2D eigenvalue weighted by atomic mass is 10.1. The van der Waals surface area contributed by atoms with E-state index < -0.39 is 0 Å². The third kappa shape index (κ3) is 3.22. The van der Waals surface area contributed by atoms with Crippen LogP contribution in [0.3, 0.4) is 0 Å². The second kappa shape index (κ2) is 5.14. The Labute approximate surface area is 91.0 Å². The van der Waals surface area contributed by atoms with Crippen molar-refractivity contribution < 1.29 is 9.59 Å². The molecule has 0 saturated carbocycles. The number of amides is 2. The molecular formula is C11H20N2O2. The van der Waals surface area contributed by atoms with Gasteiger partial charge in [0.1, 0.15) is 0 Å². The molecule has 0 aromatic rings. The molecule has 4 nitrogen and oxygen atoms in total. The summed E-state index contributed by atoms with van der Waals surface area (Å²) in [6.07, 6.45) is 1.42. The molecule has 15 heavy (non-hydrogen) atoms. The van der Waals surface area contributed by atoms with Crippen molar-refractivity contribution in [3.63, 3.8) is 0 Å². The number of carbonyl (C=O) groups is 2. The fraction of sp³-hybridized carbons (Fsp3) is 0.818. The fourth-order valence-electron chi connectivity index (χ4n) is 1.78. The van der Waals surface area contributed by atoms with E-state index in [1.165, 1.54) is 0 Å². The van der Waals surface area contributed by atoms with E-state index >= 15 is 0 Å². The Hall–Kier alpha value is -1.06. The highest BCUT2D eigenvalue weighted by Gasteiger charge is 2.30. The van der Waals surface area contributed by atoms with Gasteiger partial charge in [0.05, 0.1) is 5.92 Å². The van der Waals surface area contributed by atoms with E-state index in [1.54, 1.807) is 4.90 Å². The molecule has 0 bridgehead atoms. The van der Waals surface area contributed by atoms with Crippen LogP contribution in [0.2, 0.25) is 0 Å². The highest BCUT2D eigenvalue weighted by molar-refractivity contribution is 5.89. The molecule has 0 spiro atoms. The molecule has 2 atom stereocenters. The maximum Gasteiger partial charge on any atom is 0.227 e. The third-order valence-corrected chi connectivity index (χ3v) is 2.99. The molecule has 1 heterocycles. The van der Waals surface area contributed by atoms with E-state index in [1.807, 2.05) is 7.05 Å². The number of carbonyl (C=O) groups excluding carboxylic acids is 2. The molecule has 0 aromatic heterocycles. The van der Waals surface area contributed by atoms with Gasteiger partial charge in [-0.3, -0.25) is 9.59 Å². The zero-order valence-electron chi connectivity index (χ0n) is 9.75. The molecule has 0 aliphatic carbocycles. The molecule has 4 heteroatoms. The molecule has 1 aliphatic heterocycles. The molecule has 1 aliphatic rings. The number of rotatable bonds is 4. The molecule has 0 radical (unpaired) electrons. The average Bonchev–Trinajstić information content (AvgIpc) is 2.63. The van der Waals surface area contributed by atoms with Crippen LogP contribution in [-0.4, -0.2) is 36.9 Å². The van der Waals surface area contributed by atoms with Gasteiger partial charge in [-0.2, -0.15) is 0 Å². The van der Waals surface area contributed by atoms with E-state index in [0.29, 0.717) is 18.9 Å². The van der Waals surface area contributed by atoms with Crippen molar-refractivity contribution in [2.45, 2.75) is 26.7 Å². The molecule has 1 fully saturated rings. The van der Waals surface area contributed by atoms with Crippen LogP contribution in [0.15, 0.2) is 0 Å². The van der Waals surface area contributed by atoms with Gasteiger partial charge in [-0.15, -0.1) is 0 Å². The Morgan fingerprint density at radius 3 is 2.80 bits per heavy atom. The zero-order chi connectivity index (χ0) is 11.4. The van der Waals surface area contributed by atoms with E-state index in [2.05, 4.69) is 19.2 Å². The van der Waals surface area contributed by atoms with Crippen LogP contribution >= 0.6 is 0 Å². The maximum absolute atomic E-state index is 11.9. The first-order valence-electron chi connectivity index (χ1n) is 5.56. The topological polar surface area (TPSA) is 49.4 Å². The molecule has 1 N–H and O–H groups in total. The Morgan fingerprint density at radius 1 is 1.67 bits per heavy atom. The first kappa shape index (κ1) is 12.0. The number of hydrogen-bond donors (Lipinski definition) is 1. The quantitative estimate of drug-likeness (QED) is 0.743. The van der Waals surface area contributed by atoms with Gasteiger partial charge in [0.25, 0.3) is 0 Å². The molecule has 2 amide bonds. The summed E-state index contributed by atoms with van der Waals surface area (Å²) in [5, 5.41) is 2.69. The molecule has 2 unspecified atom stereocenters. The predicted octanol–water partition coefficient (Wildman–Crippen LogP) is 0.627. The van der Waals surface area contributed by atoms with Crippen LogP contribution in [0.25, 0.3) is 0 Å². The van der Waals surface area contributed by atoms with Crippen molar-refractivity contribution in [3.05, 3.63) is 0 Å². The summed E-state index contributed by atoms with van der Waals surface area (Å²) in [4.78, 5) is 24.6. The Kier molecular flexibility index (Phi) is 4.12. The monoisotopic (exact) mass is 212 g/mol. The Bertz CT molecular complexity index is 253. The van der Waals surface area contributed by atoms with Crippen molar-refractivity contribution in [1.82, 2.24) is 10.2 Å². The number of nitrogens with one attached hydrogen (secondary N) is 1. The Morgan fingerprint density at radius 2 is 2.33 bits per heavy atom. The van der Waals surface area contributed by atoms with E-state index in [0.717, 1.165) is 13.0 Å². The second-order valence-electron chi connectivity index (χ2n) is 4.44. The van der Waals surface area contributed by atoms with Crippen molar-refractivity contribution in [3.8, 4) is 0 Å². The van der Waals surface area contributed by atoms with Crippen molar-refractivity contribution in [2.75, 3.05) is 20.1 Å². The zero-order valence-corrected chi connectivity index (χ0v) is 9.75. The summed E-state index contributed by atoms with van der Waals surface area (Å²) < 4.78 is 0.